The first kappa shape index (κ1) is 21.8. The standard InChI is InChI=1S/C24H25N5O2S/c1-24(2,3)21-20-19(16(12-25)22(26)31-23(20)29-28-21)14-8-9-17(30-4)15(11-14)13-32-18-7-5-6-10-27-18/h5-11,19H,13,26H2,1-4H3,(H,28,29). The molecule has 164 valence electrons. The number of nitrogens with two attached hydrogens (primary N) is 1. The fourth-order valence-electron chi connectivity index (χ4n) is 3.83. The summed E-state index contributed by atoms with van der Waals surface area (Å²) < 4.78 is 11.3. The number of allylic oxidation sites excluding steroid dienone is 1. The van der Waals surface area contributed by atoms with Crippen LogP contribution in [0.1, 0.15) is 49.1 Å². The number of benzene rings is 1. The fourth-order valence-corrected chi connectivity index (χ4v) is 4.66. The van der Waals surface area contributed by atoms with Crippen molar-refractivity contribution in [1.82, 2.24) is 15.2 Å². The molecule has 3 N–H and O–H groups in total. The van der Waals surface area contributed by atoms with Crippen molar-refractivity contribution in [3.8, 4) is 17.7 Å². The summed E-state index contributed by atoms with van der Waals surface area (Å²) in [5.74, 6) is 1.56. The predicted molar refractivity (Wildman–Crippen MR) is 123 cm³/mol. The molecule has 1 unspecified atom stereocenters. The molecule has 0 saturated heterocycles. The normalized spacial score (nSPS) is 15.7. The number of nitrogens with zero attached hydrogens (tertiary/aromatic N) is 3. The number of H-pyrrole nitrogens is 1. The minimum Gasteiger partial charge on any atom is -0.496 e. The zero-order valence-corrected chi connectivity index (χ0v) is 19.3. The molecule has 8 heteroatoms. The van der Waals surface area contributed by atoms with E-state index in [1.807, 2.05) is 30.3 Å². The second kappa shape index (κ2) is 8.60. The van der Waals surface area contributed by atoms with E-state index in [0.29, 0.717) is 17.2 Å². The molecule has 7 nitrogen and oxygen atoms in total. The van der Waals surface area contributed by atoms with Gasteiger partial charge in [0.15, 0.2) is 0 Å². The summed E-state index contributed by atoms with van der Waals surface area (Å²) >= 11 is 1.62. The summed E-state index contributed by atoms with van der Waals surface area (Å²) in [4.78, 5) is 4.38. The molecule has 2 aromatic heterocycles. The van der Waals surface area contributed by atoms with Crippen LogP contribution in [0.15, 0.2) is 59.1 Å². The van der Waals surface area contributed by atoms with Gasteiger partial charge in [-0.1, -0.05) is 39.0 Å². The molecule has 1 aliphatic rings. The molecule has 3 aromatic rings. The van der Waals surface area contributed by atoms with Crippen LogP contribution in [-0.4, -0.2) is 22.3 Å². The van der Waals surface area contributed by atoms with Crippen LogP contribution in [0.3, 0.4) is 0 Å². The first-order valence-corrected chi connectivity index (χ1v) is 11.2. The van der Waals surface area contributed by atoms with E-state index in [9.17, 15) is 5.26 Å². The number of nitriles is 1. The van der Waals surface area contributed by atoms with Crippen LogP contribution in [0.25, 0.3) is 0 Å². The van der Waals surface area contributed by atoms with Gasteiger partial charge in [0.1, 0.15) is 17.4 Å². The zero-order chi connectivity index (χ0) is 22.9. The first-order valence-electron chi connectivity index (χ1n) is 10.2. The summed E-state index contributed by atoms with van der Waals surface area (Å²) in [6.45, 7) is 6.28. The Labute approximate surface area is 191 Å². The van der Waals surface area contributed by atoms with Gasteiger partial charge in [-0.3, -0.25) is 5.10 Å². The van der Waals surface area contributed by atoms with Crippen molar-refractivity contribution in [3.05, 3.63) is 76.4 Å². The number of hydrogen-bond donors (Lipinski definition) is 2. The third-order valence-corrected chi connectivity index (χ3v) is 6.33. The molecule has 0 spiro atoms. The number of aromatic amines is 1. The maximum atomic E-state index is 9.94. The molecular weight excluding hydrogens is 422 g/mol. The van der Waals surface area contributed by atoms with Crippen LogP contribution in [0, 0.1) is 11.3 Å². The maximum Gasteiger partial charge on any atom is 0.244 e. The fraction of sp³-hybridized carbons (Fsp3) is 0.292. The quantitative estimate of drug-likeness (QED) is 0.549. The summed E-state index contributed by atoms with van der Waals surface area (Å²) in [6.07, 6.45) is 1.78. The SMILES string of the molecule is COc1ccc(C2C(C#N)=C(N)Oc3n[nH]c(C(C)(C)C)c32)cc1CSc1ccccn1. The highest BCUT2D eigenvalue weighted by molar-refractivity contribution is 7.98. The van der Waals surface area contributed by atoms with E-state index >= 15 is 0 Å². The Balaban J connectivity index is 1.80. The van der Waals surface area contributed by atoms with Gasteiger partial charge in [-0.25, -0.2) is 4.98 Å². The van der Waals surface area contributed by atoms with Crippen LogP contribution in [0.2, 0.25) is 0 Å². The van der Waals surface area contributed by atoms with Gasteiger partial charge in [0, 0.05) is 28.6 Å². The number of methoxy groups -OCH3 is 1. The van der Waals surface area contributed by atoms with Crippen molar-refractivity contribution in [2.75, 3.05) is 7.11 Å². The van der Waals surface area contributed by atoms with Gasteiger partial charge < -0.3 is 15.2 Å². The molecule has 0 amide bonds. The number of nitrogens with one attached hydrogen (secondary N) is 1. The molecule has 0 bridgehead atoms. The molecule has 1 aromatic carbocycles. The molecule has 0 radical (unpaired) electrons. The molecule has 0 aliphatic carbocycles. The van der Waals surface area contributed by atoms with Gasteiger partial charge in [-0.05, 0) is 23.8 Å². The zero-order valence-electron chi connectivity index (χ0n) is 18.5. The van der Waals surface area contributed by atoms with Gasteiger partial charge in [0.2, 0.25) is 11.8 Å². The molecular formula is C24H25N5O2S. The predicted octanol–water partition coefficient (Wildman–Crippen LogP) is 4.62. The van der Waals surface area contributed by atoms with E-state index in [-0.39, 0.29) is 17.2 Å². The van der Waals surface area contributed by atoms with Crippen molar-refractivity contribution in [2.24, 2.45) is 5.73 Å². The molecule has 1 aliphatic heterocycles. The highest BCUT2D eigenvalue weighted by Crippen LogP contribution is 2.46. The van der Waals surface area contributed by atoms with Gasteiger partial charge in [-0.2, -0.15) is 5.26 Å². The molecule has 1 atom stereocenters. The van der Waals surface area contributed by atoms with Crippen LogP contribution in [-0.2, 0) is 11.2 Å². The van der Waals surface area contributed by atoms with E-state index in [4.69, 9.17) is 15.2 Å². The second-order valence-electron chi connectivity index (χ2n) is 8.52. The Kier molecular flexibility index (Phi) is 5.85. The lowest BCUT2D eigenvalue weighted by Crippen LogP contribution is -2.24. The monoisotopic (exact) mass is 447 g/mol. The van der Waals surface area contributed by atoms with E-state index in [1.165, 1.54) is 0 Å². The van der Waals surface area contributed by atoms with E-state index < -0.39 is 0 Å². The third-order valence-electron chi connectivity index (χ3n) is 5.34. The van der Waals surface area contributed by atoms with E-state index in [2.05, 4.69) is 48.1 Å². The van der Waals surface area contributed by atoms with Crippen LogP contribution >= 0.6 is 11.8 Å². The minimum atomic E-state index is -0.388. The summed E-state index contributed by atoms with van der Waals surface area (Å²) in [7, 11) is 1.66. The van der Waals surface area contributed by atoms with E-state index in [0.717, 1.165) is 33.2 Å². The topological polar surface area (TPSA) is 110 Å². The second-order valence-corrected chi connectivity index (χ2v) is 9.52. The van der Waals surface area contributed by atoms with Crippen molar-refractivity contribution in [1.29, 1.82) is 5.26 Å². The van der Waals surface area contributed by atoms with Gasteiger partial charge >= 0.3 is 0 Å². The highest BCUT2D eigenvalue weighted by atomic mass is 32.2. The lowest BCUT2D eigenvalue weighted by molar-refractivity contribution is 0.378. The summed E-state index contributed by atoms with van der Waals surface area (Å²) in [5.41, 5.74) is 9.97. The Morgan fingerprint density at radius 1 is 1.28 bits per heavy atom. The number of aromatic nitrogens is 3. The van der Waals surface area contributed by atoms with Gasteiger partial charge in [0.25, 0.3) is 0 Å². The lowest BCUT2D eigenvalue weighted by Gasteiger charge is -2.28. The highest BCUT2D eigenvalue weighted by Gasteiger charge is 2.38. The average molecular weight is 448 g/mol. The third kappa shape index (κ3) is 4.04. The van der Waals surface area contributed by atoms with Gasteiger partial charge in [-0.15, -0.1) is 16.9 Å². The van der Waals surface area contributed by atoms with Crippen LogP contribution < -0.4 is 15.2 Å². The number of hydrogen-bond acceptors (Lipinski definition) is 7. The molecule has 4 rings (SSSR count). The molecule has 32 heavy (non-hydrogen) atoms. The molecule has 0 saturated carbocycles. The first-order chi connectivity index (χ1) is 15.3. The van der Waals surface area contributed by atoms with Crippen molar-refractivity contribution < 1.29 is 9.47 Å². The summed E-state index contributed by atoms with van der Waals surface area (Å²) in [6, 6.07) is 14.1. The van der Waals surface area contributed by atoms with Crippen molar-refractivity contribution >= 4 is 11.8 Å². The minimum absolute atomic E-state index is 0.0807. The number of rotatable bonds is 5. The Morgan fingerprint density at radius 2 is 2.09 bits per heavy atom. The van der Waals surface area contributed by atoms with E-state index in [1.54, 1.807) is 25.1 Å². The van der Waals surface area contributed by atoms with Crippen molar-refractivity contribution in [2.45, 2.75) is 42.9 Å². The summed E-state index contributed by atoms with van der Waals surface area (Å²) in [5, 5.41) is 18.3. The van der Waals surface area contributed by atoms with Crippen LogP contribution in [0.4, 0.5) is 0 Å². The Hall–Kier alpha value is -3.44. The van der Waals surface area contributed by atoms with Crippen molar-refractivity contribution in [3.63, 3.8) is 0 Å². The Morgan fingerprint density at radius 3 is 2.75 bits per heavy atom. The number of fused-ring (bicyclic) bond motifs is 1. The Bertz CT molecular complexity index is 1210. The molecule has 3 heterocycles. The largest absolute Gasteiger partial charge is 0.496 e. The van der Waals surface area contributed by atoms with Crippen LogP contribution in [0.5, 0.6) is 11.6 Å². The smallest absolute Gasteiger partial charge is 0.244 e. The number of pyridine rings is 1. The maximum absolute atomic E-state index is 9.94. The number of thioether (sulfide) groups is 1. The van der Waals surface area contributed by atoms with Gasteiger partial charge in [0.05, 0.1) is 23.6 Å². The molecule has 0 fully saturated rings. The lowest BCUT2D eigenvalue weighted by atomic mass is 9.78. The number of ether oxygens (including phenoxy) is 2. The average Bonchev–Trinajstić information content (AvgIpc) is 3.21.